The molecule has 0 amide bonds. The van der Waals surface area contributed by atoms with Crippen molar-refractivity contribution in [3.63, 3.8) is 0 Å². The average molecular weight is 344 g/mol. The maximum Gasteiger partial charge on any atom is 0.303 e. The van der Waals surface area contributed by atoms with E-state index in [4.69, 9.17) is 9.79 Å². The molecule has 0 bridgehead atoms. The van der Waals surface area contributed by atoms with Gasteiger partial charge >= 0.3 is 7.60 Å². The minimum atomic E-state index is -3.97. The third-order valence-electron chi connectivity index (χ3n) is 2.20. The summed E-state index contributed by atoms with van der Waals surface area (Å²) in [4.78, 5) is 17.0. The van der Waals surface area contributed by atoms with Gasteiger partial charge in [-0.2, -0.15) is 12.1 Å². The fourth-order valence-electron chi connectivity index (χ4n) is 1.26. The summed E-state index contributed by atoms with van der Waals surface area (Å²) in [6, 6.07) is 28.0. The van der Waals surface area contributed by atoms with Crippen molar-refractivity contribution in [1.29, 1.82) is 0 Å². The van der Waals surface area contributed by atoms with Gasteiger partial charge in [-0.3, -0.25) is 4.57 Å². The number of hydrogen-bond donors (Lipinski definition) is 2. The summed E-state index contributed by atoms with van der Waals surface area (Å²) < 4.78 is 10.4. The van der Waals surface area contributed by atoms with Crippen molar-refractivity contribution in [1.82, 2.24) is 0 Å². The van der Waals surface area contributed by atoms with E-state index in [2.05, 4.69) is 0 Å². The molecule has 3 aromatic carbocycles. The third kappa shape index (κ3) is 10.0. The minimum absolute atomic E-state index is 0. The number of benzene rings is 1. The normalized spacial score (nSPS) is 9.24. The Kier molecular flexibility index (Phi) is 10.5. The van der Waals surface area contributed by atoms with E-state index in [1.54, 1.807) is 12.1 Å². The fourth-order valence-corrected chi connectivity index (χ4v) is 1.82. The smallest absolute Gasteiger partial charge is 0.303 e. The molecule has 0 saturated heterocycles. The molecule has 5 heteroatoms. The molecule has 21 heavy (non-hydrogen) atoms. The van der Waals surface area contributed by atoms with Crippen LogP contribution in [0, 0.1) is 0 Å². The van der Waals surface area contributed by atoms with Crippen LogP contribution in [0.15, 0.2) is 91.0 Å². The maximum absolute atomic E-state index is 10.4. The Labute approximate surface area is 135 Å². The molecule has 0 aromatic heterocycles. The Morgan fingerprint density at radius 3 is 1.14 bits per heavy atom. The molecular formula is C16H17FeO3P-6. The molecule has 0 atom stereocenters. The summed E-state index contributed by atoms with van der Waals surface area (Å²) >= 11 is 0. The molecular weight excluding hydrogens is 327 g/mol. The summed E-state index contributed by atoms with van der Waals surface area (Å²) in [5, 5.41) is 0.0856. The molecule has 0 aliphatic heterocycles. The topological polar surface area (TPSA) is 57.5 Å². The Morgan fingerprint density at radius 1 is 0.667 bits per heavy atom. The standard InChI is InChI=1S/C6H6.C5H6O3P.C5H5.Fe/c1-2-4-6-5-3-1;6-9(7,8)5-3-1-2-4-5;1-2-4-5-3-1;/h1-6H;1-4H,(H2,6,7,8);1-5H;/q;-1;-5;. The molecule has 0 aliphatic rings. The van der Waals surface area contributed by atoms with E-state index in [1.807, 2.05) is 66.7 Å². The zero-order valence-corrected chi connectivity index (χ0v) is 13.3. The molecule has 118 valence electrons. The first-order chi connectivity index (χ1) is 9.61. The summed E-state index contributed by atoms with van der Waals surface area (Å²) in [5.41, 5.74) is 0. The van der Waals surface area contributed by atoms with Crippen LogP contribution in [0.1, 0.15) is 0 Å². The van der Waals surface area contributed by atoms with Crippen LogP contribution >= 0.6 is 7.60 Å². The van der Waals surface area contributed by atoms with E-state index in [9.17, 15) is 4.57 Å². The molecule has 0 fully saturated rings. The summed E-state index contributed by atoms with van der Waals surface area (Å²) in [7, 11) is -3.97. The van der Waals surface area contributed by atoms with Crippen LogP contribution in [0.25, 0.3) is 0 Å². The average Bonchev–Trinajstić information content (AvgIpc) is 3.17. The largest absolute Gasteiger partial charge is 0.748 e. The van der Waals surface area contributed by atoms with Crippen molar-refractivity contribution < 1.29 is 31.4 Å². The molecule has 3 rings (SSSR count). The van der Waals surface area contributed by atoms with E-state index in [0.29, 0.717) is 0 Å². The van der Waals surface area contributed by atoms with Gasteiger partial charge in [0.2, 0.25) is 0 Å². The zero-order valence-electron chi connectivity index (χ0n) is 11.3. The quantitative estimate of drug-likeness (QED) is 0.405. The van der Waals surface area contributed by atoms with E-state index in [1.165, 1.54) is 12.1 Å². The van der Waals surface area contributed by atoms with Gasteiger partial charge in [0.25, 0.3) is 0 Å². The Balaban J connectivity index is 0.000000292. The van der Waals surface area contributed by atoms with E-state index in [-0.39, 0.29) is 22.4 Å². The van der Waals surface area contributed by atoms with Crippen LogP contribution < -0.4 is 5.30 Å². The summed E-state index contributed by atoms with van der Waals surface area (Å²) in [6.45, 7) is 0. The Morgan fingerprint density at radius 2 is 0.952 bits per heavy atom. The molecule has 3 nitrogen and oxygen atoms in total. The van der Waals surface area contributed by atoms with Crippen LogP contribution in [0.4, 0.5) is 0 Å². The molecule has 0 radical (unpaired) electrons. The van der Waals surface area contributed by atoms with Gasteiger partial charge in [-0.1, -0.05) is 36.4 Å². The van der Waals surface area contributed by atoms with Gasteiger partial charge < -0.3 is 40.1 Å². The molecule has 2 N–H and O–H groups in total. The Hall–Kier alpha value is -1.41. The zero-order chi connectivity index (χ0) is 14.7. The van der Waals surface area contributed by atoms with Gasteiger partial charge in [-0.15, -0.1) is 0 Å². The minimum Gasteiger partial charge on any atom is -0.748 e. The van der Waals surface area contributed by atoms with Gasteiger partial charge in [0.05, 0.1) is 0 Å². The van der Waals surface area contributed by atoms with E-state index >= 15 is 0 Å². The van der Waals surface area contributed by atoms with Crippen LogP contribution in [0.3, 0.4) is 0 Å². The van der Waals surface area contributed by atoms with Crippen molar-refractivity contribution in [2.24, 2.45) is 0 Å². The second-order valence-corrected chi connectivity index (χ2v) is 5.41. The number of hydrogen-bond acceptors (Lipinski definition) is 1. The molecule has 0 aliphatic carbocycles. The van der Waals surface area contributed by atoms with Gasteiger partial charge in [0.1, 0.15) is 0 Å². The van der Waals surface area contributed by atoms with Gasteiger partial charge in [-0.05, 0) is 5.30 Å². The van der Waals surface area contributed by atoms with Crippen molar-refractivity contribution in [2.45, 2.75) is 0 Å². The van der Waals surface area contributed by atoms with Crippen molar-refractivity contribution in [3.8, 4) is 0 Å². The second kappa shape index (κ2) is 11.3. The fraction of sp³-hybridized carbons (Fsp3) is 0. The van der Waals surface area contributed by atoms with Gasteiger partial charge in [0, 0.05) is 17.1 Å². The van der Waals surface area contributed by atoms with Crippen LogP contribution in [0.2, 0.25) is 0 Å². The van der Waals surface area contributed by atoms with Crippen molar-refractivity contribution in [2.75, 3.05) is 0 Å². The second-order valence-electron chi connectivity index (χ2n) is 3.80. The predicted molar refractivity (Wildman–Crippen MR) is 82.2 cm³/mol. The van der Waals surface area contributed by atoms with Gasteiger partial charge in [-0.25, -0.2) is 12.1 Å². The van der Waals surface area contributed by atoms with Crippen molar-refractivity contribution >= 4 is 12.9 Å². The molecule has 3 aromatic rings. The first kappa shape index (κ1) is 19.6. The van der Waals surface area contributed by atoms with Crippen molar-refractivity contribution in [3.05, 3.63) is 91.0 Å². The monoisotopic (exact) mass is 344 g/mol. The summed E-state index contributed by atoms with van der Waals surface area (Å²) in [5.74, 6) is 0. The molecule has 0 spiro atoms. The van der Waals surface area contributed by atoms with Crippen LogP contribution in [-0.4, -0.2) is 9.79 Å². The predicted octanol–water partition coefficient (Wildman–Crippen LogP) is 3.30. The summed E-state index contributed by atoms with van der Waals surface area (Å²) in [6.07, 6.45) is 0. The SMILES string of the molecule is O=P(O)(O)[c-]1cccc1.[Fe].[cH-]1[cH-][cH-][cH-][cH-]1.c1ccccc1. The van der Waals surface area contributed by atoms with Crippen LogP contribution in [-0.2, 0) is 21.6 Å². The first-order valence-corrected chi connectivity index (χ1v) is 7.66. The molecule has 0 saturated carbocycles. The van der Waals surface area contributed by atoms with Gasteiger partial charge in [0.15, 0.2) is 0 Å². The number of rotatable bonds is 1. The molecule has 0 heterocycles. The molecule has 0 unspecified atom stereocenters. The third-order valence-corrected chi connectivity index (χ3v) is 3.17. The van der Waals surface area contributed by atoms with Crippen LogP contribution in [0.5, 0.6) is 0 Å². The maximum atomic E-state index is 10.4. The van der Waals surface area contributed by atoms with E-state index < -0.39 is 7.60 Å². The van der Waals surface area contributed by atoms with E-state index in [0.717, 1.165) is 0 Å². The Bertz CT molecular complexity index is 527. The first-order valence-electron chi connectivity index (χ1n) is 6.05.